The molecule has 13 heteroatoms. The Morgan fingerprint density at radius 2 is 1.68 bits per heavy atom. The third kappa shape index (κ3) is 9.46. The fraction of sp³-hybridized carbons (Fsp3) is 0.292. The number of hydrogen-bond donors (Lipinski definition) is 4. The van der Waals surface area contributed by atoms with Gasteiger partial charge >= 0.3 is 16.4 Å². The number of thiazole rings is 1. The van der Waals surface area contributed by atoms with Crippen LogP contribution >= 0.6 is 11.3 Å². The van der Waals surface area contributed by atoms with Gasteiger partial charge in [-0.2, -0.15) is 13.6 Å². The summed E-state index contributed by atoms with van der Waals surface area (Å²) in [6.45, 7) is 2.00. The van der Waals surface area contributed by atoms with Crippen LogP contribution in [0.4, 0.5) is 4.79 Å². The lowest BCUT2D eigenvalue weighted by Gasteiger charge is -2.23. The number of nitrogens with zero attached hydrogens (tertiary/aromatic N) is 1. The van der Waals surface area contributed by atoms with Crippen molar-refractivity contribution in [3.63, 3.8) is 0 Å². The Bertz CT molecular complexity index is 1270. The zero-order valence-electron chi connectivity index (χ0n) is 20.5. The van der Waals surface area contributed by atoms with Crippen LogP contribution in [0, 0.1) is 0 Å². The summed E-state index contributed by atoms with van der Waals surface area (Å²) < 4.78 is 31.7. The second kappa shape index (κ2) is 13.7. The molecule has 0 saturated carbocycles. The number of hydrogen-bond acceptors (Lipinski definition) is 9. The van der Waals surface area contributed by atoms with E-state index in [1.807, 2.05) is 42.6 Å². The van der Waals surface area contributed by atoms with E-state index in [9.17, 15) is 18.0 Å². The maximum Gasteiger partial charge on any atom is 0.407 e. The van der Waals surface area contributed by atoms with E-state index in [1.54, 1.807) is 12.1 Å². The number of amides is 2. The average Bonchev–Trinajstić information content (AvgIpc) is 3.33. The monoisotopic (exact) mass is 549 g/mol. The third-order valence-corrected chi connectivity index (χ3v) is 6.63. The molecule has 11 nitrogen and oxygen atoms in total. The summed E-state index contributed by atoms with van der Waals surface area (Å²) in [5.74, 6) is -0.316. The Balaban J connectivity index is 0.00000481. The van der Waals surface area contributed by atoms with Crippen molar-refractivity contribution in [1.29, 1.82) is 0 Å². The molecular formula is C24H31N5O6S2. The van der Waals surface area contributed by atoms with E-state index in [2.05, 4.69) is 19.8 Å². The standard InChI is InChI=1S/C24H28N4O6S2.H3N/c1-3-22-26-21(15-35-22)19(13-17-9-11-18(12-10-17)34-36(25,31)32)27-23(29)20(28-24(30)33-2)14-16-7-5-4-6-8-16;/h4-12,15,19-20H,3,13-14H2,1-2H3,(H,27,29)(H,28,30)(H2,25,31,32);1H3. The van der Waals surface area contributed by atoms with Gasteiger partial charge in [-0.05, 0) is 36.1 Å². The number of nitrogens with two attached hydrogens (primary N) is 1. The minimum atomic E-state index is -4.13. The van der Waals surface area contributed by atoms with Crippen LogP contribution in [-0.4, -0.2) is 38.6 Å². The molecule has 0 aliphatic heterocycles. The number of carbonyl (C=O) groups is 2. The Morgan fingerprint density at radius 3 is 2.24 bits per heavy atom. The van der Waals surface area contributed by atoms with Crippen LogP contribution in [0.5, 0.6) is 5.75 Å². The maximum atomic E-state index is 13.4. The summed E-state index contributed by atoms with van der Waals surface area (Å²) in [6, 6.07) is 14.3. The molecule has 1 heterocycles. The molecule has 7 N–H and O–H groups in total. The highest BCUT2D eigenvalue weighted by atomic mass is 32.2. The minimum Gasteiger partial charge on any atom is -0.453 e. The molecule has 0 radical (unpaired) electrons. The number of carbonyl (C=O) groups excluding carboxylic acids is 2. The van der Waals surface area contributed by atoms with Gasteiger partial charge in [-0.15, -0.1) is 11.3 Å². The van der Waals surface area contributed by atoms with E-state index in [1.165, 1.54) is 30.6 Å². The molecule has 0 spiro atoms. The first-order chi connectivity index (χ1) is 17.2. The number of alkyl carbamates (subject to hydrolysis) is 1. The zero-order valence-corrected chi connectivity index (χ0v) is 22.2. The van der Waals surface area contributed by atoms with Crippen molar-refractivity contribution in [2.75, 3.05) is 7.11 Å². The molecule has 1 aromatic heterocycles. The molecule has 0 saturated heterocycles. The van der Waals surface area contributed by atoms with Crippen molar-refractivity contribution >= 4 is 33.6 Å². The molecule has 0 fully saturated rings. The van der Waals surface area contributed by atoms with Gasteiger partial charge in [-0.1, -0.05) is 49.4 Å². The van der Waals surface area contributed by atoms with Gasteiger partial charge in [0.15, 0.2) is 0 Å². The summed E-state index contributed by atoms with van der Waals surface area (Å²) in [5, 5.41) is 13.3. The molecular weight excluding hydrogens is 518 g/mol. The van der Waals surface area contributed by atoms with Gasteiger partial charge in [0.2, 0.25) is 5.91 Å². The van der Waals surface area contributed by atoms with E-state index in [4.69, 9.17) is 9.88 Å². The molecule has 0 aliphatic rings. The van der Waals surface area contributed by atoms with Gasteiger partial charge in [0.1, 0.15) is 11.8 Å². The van der Waals surface area contributed by atoms with Gasteiger partial charge in [-0.3, -0.25) is 4.79 Å². The van der Waals surface area contributed by atoms with Crippen LogP contribution in [0.3, 0.4) is 0 Å². The number of benzene rings is 2. The first-order valence-electron chi connectivity index (χ1n) is 11.1. The lowest BCUT2D eigenvalue weighted by Crippen LogP contribution is -2.49. The lowest BCUT2D eigenvalue weighted by atomic mass is 10.0. The minimum absolute atomic E-state index is 0. The first kappa shape index (κ1) is 29.7. The number of ether oxygens (including phenoxy) is 1. The summed E-state index contributed by atoms with van der Waals surface area (Å²) in [7, 11) is -2.89. The second-order valence-corrected chi connectivity index (χ2v) is 9.98. The van der Waals surface area contributed by atoms with Gasteiger partial charge in [0.05, 0.1) is 23.9 Å². The molecule has 2 aromatic carbocycles. The predicted octanol–water partition coefficient (Wildman–Crippen LogP) is 2.82. The molecule has 0 bridgehead atoms. The Hall–Kier alpha value is -3.52. The van der Waals surface area contributed by atoms with Crippen molar-refractivity contribution in [3.8, 4) is 5.75 Å². The number of rotatable bonds is 11. The van der Waals surface area contributed by atoms with Crippen molar-refractivity contribution in [2.24, 2.45) is 5.14 Å². The highest BCUT2D eigenvalue weighted by molar-refractivity contribution is 7.84. The molecule has 3 aromatic rings. The van der Waals surface area contributed by atoms with Crippen LogP contribution < -0.4 is 26.1 Å². The van der Waals surface area contributed by atoms with Crippen LogP contribution in [0.15, 0.2) is 60.0 Å². The maximum absolute atomic E-state index is 13.4. The van der Waals surface area contributed by atoms with Crippen LogP contribution in [0.25, 0.3) is 0 Å². The number of aromatic nitrogens is 1. The van der Waals surface area contributed by atoms with Gasteiger partial charge in [-0.25, -0.2) is 9.78 Å². The molecule has 200 valence electrons. The number of nitrogens with one attached hydrogen (secondary N) is 2. The number of aryl methyl sites for hydroxylation is 1. The van der Waals surface area contributed by atoms with Crippen molar-refractivity contribution in [1.82, 2.24) is 21.8 Å². The quantitative estimate of drug-likeness (QED) is 0.281. The molecule has 3 rings (SSSR count). The fourth-order valence-electron chi connectivity index (χ4n) is 3.46. The van der Waals surface area contributed by atoms with Crippen molar-refractivity contribution in [2.45, 2.75) is 38.3 Å². The largest absolute Gasteiger partial charge is 0.453 e. The summed E-state index contributed by atoms with van der Waals surface area (Å²) in [5.41, 5.74) is 2.36. The average molecular weight is 550 g/mol. The Labute approximate surface area is 220 Å². The zero-order chi connectivity index (χ0) is 26.1. The normalized spacial score (nSPS) is 12.5. The van der Waals surface area contributed by atoms with Gasteiger partial charge in [0, 0.05) is 11.8 Å². The van der Waals surface area contributed by atoms with E-state index in [0.717, 1.165) is 22.6 Å². The van der Waals surface area contributed by atoms with E-state index < -0.39 is 34.4 Å². The molecule has 37 heavy (non-hydrogen) atoms. The molecule has 2 amide bonds. The van der Waals surface area contributed by atoms with Crippen LogP contribution in [0.1, 0.15) is 34.8 Å². The lowest BCUT2D eigenvalue weighted by molar-refractivity contribution is -0.123. The van der Waals surface area contributed by atoms with Crippen LogP contribution in [-0.2, 0) is 39.1 Å². The van der Waals surface area contributed by atoms with E-state index in [-0.39, 0.29) is 18.3 Å². The van der Waals surface area contributed by atoms with Crippen molar-refractivity contribution < 1.29 is 26.9 Å². The molecule has 2 atom stereocenters. The van der Waals surface area contributed by atoms with E-state index in [0.29, 0.717) is 12.1 Å². The Kier molecular flexibility index (Phi) is 11.0. The number of methoxy groups -OCH3 is 1. The predicted molar refractivity (Wildman–Crippen MR) is 141 cm³/mol. The summed E-state index contributed by atoms with van der Waals surface area (Å²) in [4.78, 5) is 29.9. The smallest absolute Gasteiger partial charge is 0.407 e. The third-order valence-electron chi connectivity index (χ3n) is 5.20. The highest BCUT2D eigenvalue weighted by Crippen LogP contribution is 2.23. The summed E-state index contributed by atoms with van der Waals surface area (Å²) in [6.07, 6.45) is 0.677. The summed E-state index contributed by atoms with van der Waals surface area (Å²) >= 11 is 1.50. The highest BCUT2D eigenvalue weighted by Gasteiger charge is 2.26. The topological polar surface area (TPSA) is 185 Å². The van der Waals surface area contributed by atoms with Crippen molar-refractivity contribution in [3.05, 3.63) is 81.8 Å². The second-order valence-electron chi connectivity index (χ2n) is 7.88. The first-order valence-corrected chi connectivity index (χ1v) is 13.5. The SMILES string of the molecule is CCc1nc(C(Cc2ccc(OS(N)(=O)=O)cc2)NC(=O)C(Cc2ccccc2)NC(=O)OC)cs1.N. The van der Waals surface area contributed by atoms with Gasteiger partial charge < -0.3 is 25.7 Å². The molecule has 2 unspecified atom stereocenters. The van der Waals surface area contributed by atoms with Crippen LogP contribution in [0.2, 0.25) is 0 Å². The molecule has 0 aliphatic carbocycles. The van der Waals surface area contributed by atoms with Gasteiger partial charge in [0.25, 0.3) is 0 Å². The Morgan fingerprint density at radius 1 is 1.03 bits per heavy atom. The van der Waals surface area contributed by atoms with E-state index >= 15 is 0 Å². The fourth-order valence-corrected chi connectivity index (χ4v) is 4.64.